The van der Waals surface area contributed by atoms with Crippen molar-refractivity contribution >= 4 is 5.91 Å². The van der Waals surface area contributed by atoms with E-state index in [9.17, 15) is 4.79 Å². The minimum Gasteiger partial charge on any atom is -0.488 e. The van der Waals surface area contributed by atoms with E-state index in [-0.39, 0.29) is 17.4 Å². The summed E-state index contributed by atoms with van der Waals surface area (Å²) in [5, 5.41) is 2.69. The number of carbonyl (C=O) groups is 1. The number of carbonyl (C=O) groups excluding carboxylic acids is 1. The first-order chi connectivity index (χ1) is 8.02. The molecule has 17 heavy (non-hydrogen) atoms. The Bertz CT molecular complexity index is 426. The van der Waals surface area contributed by atoms with Crippen LogP contribution in [0.3, 0.4) is 0 Å². The molecule has 0 radical (unpaired) electrons. The van der Waals surface area contributed by atoms with Crippen LogP contribution in [0.2, 0.25) is 0 Å². The molecule has 0 aromatic heterocycles. The van der Waals surface area contributed by atoms with Crippen molar-refractivity contribution in [3.63, 3.8) is 0 Å². The van der Waals surface area contributed by atoms with Crippen molar-refractivity contribution < 1.29 is 9.53 Å². The Balaban J connectivity index is 2.29. The summed E-state index contributed by atoms with van der Waals surface area (Å²) in [6.07, 6.45) is 1.40. The molecule has 1 heterocycles. The molecular formula is C14H19NO2. The largest absolute Gasteiger partial charge is 0.488 e. The molecule has 0 saturated carbocycles. The minimum absolute atomic E-state index is 0.0857. The van der Waals surface area contributed by atoms with Gasteiger partial charge >= 0.3 is 0 Å². The fourth-order valence-corrected chi connectivity index (χ4v) is 2.46. The van der Waals surface area contributed by atoms with E-state index >= 15 is 0 Å². The van der Waals surface area contributed by atoms with E-state index in [1.807, 2.05) is 18.2 Å². The van der Waals surface area contributed by atoms with Gasteiger partial charge in [0.1, 0.15) is 11.4 Å². The molecule has 0 bridgehead atoms. The van der Waals surface area contributed by atoms with E-state index in [4.69, 9.17) is 4.74 Å². The van der Waals surface area contributed by atoms with Crippen LogP contribution < -0.4 is 10.1 Å². The molecule has 1 amide bonds. The van der Waals surface area contributed by atoms with Crippen LogP contribution in [0.25, 0.3) is 0 Å². The molecule has 1 aliphatic rings. The van der Waals surface area contributed by atoms with Gasteiger partial charge in [-0.1, -0.05) is 18.2 Å². The summed E-state index contributed by atoms with van der Waals surface area (Å²) in [6, 6.07) is 8.00. The highest BCUT2D eigenvalue weighted by Crippen LogP contribution is 2.42. The van der Waals surface area contributed by atoms with Crippen LogP contribution in [0, 0.1) is 0 Å². The van der Waals surface area contributed by atoms with Crippen LogP contribution >= 0.6 is 0 Å². The first-order valence-corrected chi connectivity index (χ1v) is 6.00. The topological polar surface area (TPSA) is 38.3 Å². The molecule has 1 N–H and O–H groups in total. The second-order valence-corrected chi connectivity index (χ2v) is 5.18. The minimum atomic E-state index is -0.201. The number of amides is 1. The number of hydrogen-bond donors (Lipinski definition) is 1. The fourth-order valence-electron chi connectivity index (χ4n) is 2.46. The Kier molecular flexibility index (Phi) is 3.09. The first kappa shape index (κ1) is 12.0. The monoisotopic (exact) mass is 233 g/mol. The summed E-state index contributed by atoms with van der Waals surface area (Å²) >= 11 is 0. The number of benzene rings is 1. The van der Waals surface area contributed by atoms with E-state index in [0.717, 1.165) is 17.7 Å². The molecule has 1 aromatic carbocycles. The molecule has 3 heteroatoms. The molecule has 1 unspecified atom stereocenters. The maximum atomic E-state index is 11.5. The van der Waals surface area contributed by atoms with Crippen molar-refractivity contribution in [1.82, 2.24) is 5.32 Å². The molecule has 0 aliphatic carbocycles. The highest BCUT2D eigenvalue weighted by Gasteiger charge is 2.34. The van der Waals surface area contributed by atoms with E-state index in [1.54, 1.807) is 7.05 Å². The third kappa shape index (κ3) is 2.60. The normalized spacial score (nSPS) is 21.2. The van der Waals surface area contributed by atoms with Crippen LogP contribution in [0.1, 0.15) is 38.2 Å². The lowest BCUT2D eigenvalue weighted by atomic mass is 9.82. The van der Waals surface area contributed by atoms with E-state index in [0.29, 0.717) is 6.42 Å². The SMILES string of the molecule is CNC(=O)CC1CC(C)(C)Oc2ccccc21. The van der Waals surface area contributed by atoms with Crippen molar-refractivity contribution in [3.8, 4) is 5.75 Å². The number of fused-ring (bicyclic) bond motifs is 1. The Labute approximate surface area is 102 Å². The summed E-state index contributed by atoms with van der Waals surface area (Å²) in [5.41, 5.74) is 0.947. The van der Waals surface area contributed by atoms with E-state index in [2.05, 4.69) is 25.2 Å². The second-order valence-electron chi connectivity index (χ2n) is 5.18. The Morgan fingerprint density at radius 1 is 1.47 bits per heavy atom. The van der Waals surface area contributed by atoms with Crippen LogP contribution in [-0.4, -0.2) is 18.6 Å². The molecule has 1 aromatic rings. The van der Waals surface area contributed by atoms with Crippen molar-refractivity contribution in [2.45, 2.75) is 38.2 Å². The standard InChI is InChI=1S/C14H19NO2/c1-14(2)9-10(8-13(16)15-3)11-6-4-5-7-12(11)17-14/h4-7,10H,8-9H2,1-3H3,(H,15,16). The summed E-state index contributed by atoms with van der Waals surface area (Å²) in [7, 11) is 1.68. The zero-order valence-electron chi connectivity index (χ0n) is 10.6. The summed E-state index contributed by atoms with van der Waals surface area (Å²) < 4.78 is 5.93. The van der Waals surface area contributed by atoms with Gasteiger partial charge in [0.05, 0.1) is 0 Å². The fraction of sp³-hybridized carbons (Fsp3) is 0.500. The third-order valence-electron chi connectivity index (χ3n) is 3.19. The maximum absolute atomic E-state index is 11.5. The molecule has 1 atom stereocenters. The highest BCUT2D eigenvalue weighted by molar-refractivity contribution is 5.76. The van der Waals surface area contributed by atoms with Crippen molar-refractivity contribution in [1.29, 1.82) is 0 Å². The number of para-hydroxylation sites is 1. The van der Waals surface area contributed by atoms with E-state index in [1.165, 1.54) is 0 Å². The molecular weight excluding hydrogens is 214 g/mol. The van der Waals surface area contributed by atoms with Gasteiger partial charge in [0, 0.05) is 19.4 Å². The Morgan fingerprint density at radius 2 is 2.18 bits per heavy atom. The van der Waals surface area contributed by atoms with Gasteiger partial charge in [-0.05, 0) is 31.9 Å². The van der Waals surface area contributed by atoms with Gasteiger partial charge in [-0.15, -0.1) is 0 Å². The molecule has 2 rings (SSSR count). The van der Waals surface area contributed by atoms with Crippen molar-refractivity contribution in [3.05, 3.63) is 29.8 Å². The average molecular weight is 233 g/mol. The summed E-state index contributed by atoms with van der Waals surface area (Å²) in [6.45, 7) is 4.14. The molecule has 0 fully saturated rings. The van der Waals surface area contributed by atoms with Crippen molar-refractivity contribution in [2.75, 3.05) is 7.05 Å². The zero-order chi connectivity index (χ0) is 12.5. The van der Waals surface area contributed by atoms with Crippen LogP contribution in [0.15, 0.2) is 24.3 Å². The summed E-state index contributed by atoms with van der Waals surface area (Å²) in [4.78, 5) is 11.5. The molecule has 1 aliphatic heterocycles. The van der Waals surface area contributed by atoms with Crippen LogP contribution in [0.4, 0.5) is 0 Å². The predicted molar refractivity (Wildman–Crippen MR) is 67.2 cm³/mol. The highest BCUT2D eigenvalue weighted by atomic mass is 16.5. The number of hydrogen-bond acceptors (Lipinski definition) is 2. The lowest BCUT2D eigenvalue weighted by Gasteiger charge is -2.37. The molecule has 92 valence electrons. The van der Waals surface area contributed by atoms with Crippen LogP contribution in [0.5, 0.6) is 5.75 Å². The van der Waals surface area contributed by atoms with Gasteiger partial charge in [0.2, 0.25) is 5.91 Å². The lowest BCUT2D eigenvalue weighted by Crippen LogP contribution is -2.36. The Morgan fingerprint density at radius 3 is 2.88 bits per heavy atom. The first-order valence-electron chi connectivity index (χ1n) is 6.00. The quantitative estimate of drug-likeness (QED) is 0.852. The smallest absolute Gasteiger partial charge is 0.220 e. The third-order valence-corrected chi connectivity index (χ3v) is 3.19. The van der Waals surface area contributed by atoms with Crippen LogP contribution in [-0.2, 0) is 4.79 Å². The number of rotatable bonds is 2. The zero-order valence-corrected chi connectivity index (χ0v) is 10.6. The molecule has 0 spiro atoms. The summed E-state index contributed by atoms with van der Waals surface area (Å²) in [5.74, 6) is 1.25. The Hall–Kier alpha value is -1.51. The van der Waals surface area contributed by atoms with Gasteiger partial charge in [0.25, 0.3) is 0 Å². The van der Waals surface area contributed by atoms with Gasteiger partial charge in [-0.3, -0.25) is 4.79 Å². The molecule has 0 saturated heterocycles. The predicted octanol–water partition coefficient (Wildman–Crippen LogP) is 2.47. The maximum Gasteiger partial charge on any atom is 0.220 e. The average Bonchev–Trinajstić information content (AvgIpc) is 2.27. The van der Waals surface area contributed by atoms with Gasteiger partial charge in [-0.2, -0.15) is 0 Å². The number of nitrogens with one attached hydrogen (secondary N) is 1. The van der Waals surface area contributed by atoms with Gasteiger partial charge < -0.3 is 10.1 Å². The number of ether oxygens (including phenoxy) is 1. The molecule has 3 nitrogen and oxygen atoms in total. The van der Waals surface area contributed by atoms with Gasteiger partial charge in [-0.25, -0.2) is 0 Å². The second kappa shape index (κ2) is 4.40. The van der Waals surface area contributed by atoms with Crippen molar-refractivity contribution in [2.24, 2.45) is 0 Å². The van der Waals surface area contributed by atoms with Gasteiger partial charge in [0.15, 0.2) is 0 Å². The van der Waals surface area contributed by atoms with E-state index < -0.39 is 0 Å². The lowest BCUT2D eigenvalue weighted by molar-refractivity contribution is -0.121.